The molecule has 0 aliphatic heterocycles. The summed E-state index contributed by atoms with van der Waals surface area (Å²) in [6.07, 6.45) is 0. The van der Waals surface area contributed by atoms with Crippen LogP contribution in [0.4, 0.5) is 10.8 Å². The third-order valence-corrected chi connectivity index (χ3v) is 5.17. The summed E-state index contributed by atoms with van der Waals surface area (Å²) in [5.74, 6) is -0.511. The Labute approximate surface area is 148 Å². The largest absolute Gasteiger partial charge is 0.374 e. The topological polar surface area (TPSA) is 110 Å². The van der Waals surface area contributed by atoms with E-state index >= 15 is 0 Å². The molecule has 1 heterocycles. The highest BCUT2D eigenvalue weighted by Gasteiger charge is 2.17. The lowest BCUT2D eigenvalue weighted by atomic mass is 10.1. The van der Waals surface area contributed by atoms with E-state index in [1.165, 1.54) is 23.1 Å². The minimum Gasteiger partial charge on any atom is -0.374 e. The van der Waals surface area contributed by atoms with Gasteiger partial charge in [0.25, 0.3) is 0 Å². The van der Waals surface area contributed by atoms with Crippen LogP contribution in [-0.4, -0.2) is 33.8 Å². The number of nitrogens with one attached hydrogen (secondary N) is 2. The second-order valence-electron chi connectivity index (χ2n) is 5.20. The number of rotatable bonds is 6. The summed E-state index contributed by atoms with van der Waals surface area (Å²) in [7, 11) is 0. The molecular weight excluding hydrogens is 346 g/mol. The van der Waals surface area contributed by atoms with Crippen LogP contribution in [0.3, 0.4) is 0 Å². The van der Waals surface area contributed by atoms with Gasteiger partial charge in [0.15, 0.2) is 4.34 Å². The maximum Gasteiger partial charge on any atom is 0.243 e. The Morgan fingerprint density at radius 1 is 1.29 bits per heavy atom. The first kappa shape index (κ1) is 18.2. The molecule has 2 aromatic rings. The average molecular weight is 365 g/mol. The van der Waals surface area contributed by atoms with Crippen LogP contribution >= 0.6 is 23.1 Å². The number of benzene rings is 1. The molecule has 1 aromatic heterocycles. The Morgan fingerprint density at radius 3 is 2.54 bits per heavy atom. The molecule has 2 rings (SSSR count). The van der Waals surface area contributed by atoms with Gasteiger partial charge < -0.3 is 16.4 Å². The van der Waals surface area contributed by atoms with E-state index in [0.717, 1.165) is 16.8 Å². The van der Waals surface area contributed by atoms with Crippen molar-refractivity contribution < 1.29 is 9.59 Å². The van der Waals surface area contributed by atoms with Crippen LogP contribution in [0, 0.1) is 13.8 Å². The molecular formula is C15H19N5O2S2. The van der Waals surface area contributed by atoms with Crippen LogP contribution in [0.5, 0.6) is 0 Å². The first-order valence-corrected chi connectivity index (χ1v) is 8.96. The van der Waals surface area contributed by atoms with Gasteiger partial charge in [0.2, 0.25) is 16.9 Å². The lowest BCUT2D eigenvalue weighted by molar-refractivity contribution is -0.123. The zero-order valence-electron chi connectivity index (χ0n) is 13.6. The Kier molecular flexibility index (Phi) is 6.16. The van der Waals surface area contributed by atoms with Crippen LogP contribution < -0.4 is 16.4 Å². The SMILES string of the molecule is Cc1cccc(C)c1NC(=O)CNC(=O)C(C)Sc1nnc(N)s1. The molecule has 0 aliphatic carbocycles. The van der Waals surface area contributed by atoms with Crippen LogP contribution in [0.15, 0.2) is 22.5 Å². The highest BCUT2D eigenvalue weighted by atomic mass is 32.2. The molecule has 2 amide bonds. The van der Waals surface area contributed by atoms with Gasteiger partial charge in [0, 0.05) is 5.69 Å². The van der Waals surface area contributed by atoms with Crippen LogP contribution in [-0.2, 0) is 9.59 Å². The molecule has 0 fully saturated rings. The highest BCUT2D eigenvalue weighted by molar-refractivity contribution is 8.02. The first-order chi connectivity index (χ1) is 11.4. The van der Waals surface area contributed by atoms with E-state index in [1.54, 1.807) is 6.92 Å². The first-order valence-electron chi connectivity index (χ1n) is 7.26. The Balaban J connectivity index is 1.83. The van der Waals surface area contributed by atoms with Gasteiger partial charge in [0.05, 0.1) is 11.8 Å². The van der Waals surface area contributed by atoms with Gasteiger partial charge in [0.1, 0.15) is 0 Å². The van der Waals surface area contributed by atoms with Crippen molar-refractivity contribution in [1.82, 2.24) is 15.5 Å². The van der Waals surface area contributed by atoms with Gasteiger partial charge in [-0.1, -0.05) is 41.3 Å². The van der Waals surface area contributed by atoms with E-state index < -0.39 is 5.25 Å². The second kappa shape index (κ2) is 8.11. The van der Waals surface area contributed by atoms with Crippen molar-refractivity contribution in [3.8, 4) is 0 Å². The summed E-state index contributed by atoms with van der Waals surface area (Å²) >= 11 is 2.48. The molecule has 9 heteroatoms. The number of thioether (sulfide) groups is 1. The van der Waals surface area contributed by atoms with E-state index in [0.29, 0.717) is 9.47 Å². The zero-order valence-corrected chi connectivity index (χ0v) is 15.3. The Morgan fingerprint density at radius 2 is 1.96 bits per heavy atom. The third-order valence-electron chi connectivity index (χ3n) is 3.24. The lowest BCUT2D eigenvalue weighted by Gasteiger charge is -2.13. The molecule has 1 atom stereocenters. The van der Waals surface area contributed by atoms with Crippen LogP contribution in [0.1, 0.15) is 18.1 Å². The maximum absolute atomic E-state index is 12.1. The van der Waals surface area contributed by atoms with Gasteiger partial charge in [-0.15, -0.1) is 10.2 Å². The number of para-hydroxylation sites is 1. The lowest BCUT2D eigenvalue weighted by Crippen LogP contribution is -2.37. The highest BCUT2D eigenvalue weighted by Crippen LogP contribution is 2.27. The normalized spacial score (nSPS) is 11.8. The molecule has 0 saturated carbocycles. The maximum atomic E-state index is 12.1. The molecule has 0 radical (unpaired) electrons. The number of hydrogen-bond donors (Lipinski definition) is 3. The van der Waals surface area contributed by atoms with Crippen LogP contribution in [0.25, 0.3) is 0 Å². The summed E-state index contributed by atoms with van der Waals surface area (Å²) < 4.78 is 0.620. The van der Waals surface area contributed by atoms with E-state index in [1.807, 2.05) is 32.0 Å². The minimum atomic E-state index is -0.398. The number of aryl methyl sites for hydroxylation is 2. The molecule has 0 saturated heterocycles. The minimum absolute atomic E-state index is 0.0875. The summed E-state index contributed by atoms with van der Waals surface area (Å²) in [5.41, 5.74) is 8.24. The molecule has 0 spiro atoms. The van der Waals surface area contributed by atoms with Gasteiger partial charge in [-0.05, 0) is 31.9 Å². The Bertz CT molecular complexity index is 727. The predicted molar refractivity (Wildman–Crippen MR) is 97.2 cm³/mol. The molecule has 0 bridgehead atoms. The molecule has 0 aliphatic rings. The molecule has 24 heavy (non-hydrogen) atoms. The fraction of sp³-hybridized carbons (Fsp3) is 0.333. The van der Waals surface area contributed by atoms with Crippen molar-refractivity contribution in [3.05, 3.63) is 29.3 Å². The number of hydrogen-bond acceptors (Lipinski definition) is 7. The number of nitrogens with two attached hydrogens (primary N) is 1. The van der Waals surface area contributed by atoms with Crippen molar-refractivity contribution >= 4 is 45.7 Å². The molecule has 1 aromatic carbocycles. The fourth-order valence-corrected chi connectivity index (χ4v) is 3.78. The molecule has 4 N–H and O–H groups in total. The molecule has 1 unspecified atom stereocenters. The van der Waals surface area contributed by atoms with E-state index in [4.69, 9.17) is 5.73 Å². The standard InChI is InChI=1S/C15H19N5O2S2/c1-8-5-4-6-9(2)12(8)18-11(21)7-17-13(22)10(3)23-15-20-19-14(16)24-15/h4-6,10H,7H2,1-3H3,(H2,16,19)(H,17,22)(H,18,21). The fourth-order valence-electron chi connectivity index (χ4n) is 1.98. The number of nitrogens with zero attached hydrogens (tertiary/aromatic N) is 2. The summed E-state index contributed by atoms with van der Waals surface area (Å²) in [4.78, 5) is 24.1. The van der Waals surface area contributed by atoms with Gasteiger partial charge in [-0.2, -0.15) is 0 Å². The number of anilines is 2. The number of carbonyl (C=O) groups excluding carboxylic acids is 2. The monoisotopic (exact) mass is 365 g/mol. The van der Waals surface area contributed by atoms with Gasteiger partial charge >= 0.3 is 0 Å². The zero-order chi connectivity index (χ0) is 17.7. The third kappa shape index (κ3) is 4.93. The number of aromatic nitrogens is 2. The average Bonchev–Trinajstić information content (AvgIpc) is 2.93. The van der Waals surface area contributed by atoms with Crippen molar-refractivity contribution in [2.45, 2.75) is 30.4 Å². The van der Waals surface area contributed by atoms with E-state index in [-0.39, 0.29) is 18.4 Å². The van der Waals surface area contributed by atoms with Crippen molar-refractivity contribution in [2.75, 3.05) is 17.6 Å². The molecule has 7 nitrogen and oxygen atoms in total. The van der Waals surface area contributed by atoms with Gasteiger partial charge in [-0.25, -0.2) is 0 Å². The van der Waals surface area contributed by atoms with Gasteiger partial charge in [-0.3, -0.25) is 9.59 Å². The summed E-state index contributed by atoms with van der Waals surface area (Å²) in [6.45, 7) is 5.50. The van der Waals surface area contributed by atoms with Crippen molar-refractivity contribution in [3.63, 3.8) is 0 Å². The predicted octanol–water partition coefficient (Wildman–Crippen LogP) is 1.97. The summed E-state index contributed by atoms with van der Waals surface area (Å²) in [6, 6.07) is 5.78. The Hall–Kier alpha value is -2.13. The van der Waals surface area contributed by atoms with Crippen molar-refractivity contribution in [2.24, 2.45) is 0 Å². The van der Waals surface area contributed by atoms with Crippen LogP contribution in [0.2, 0.25) is 0 Å². The number of carbonyl (C=O) groups is 2. The van der Waals surface area contributed by atoms with E-state index in [2.05, 4.69) is 20.8 Å². The number of nitrogen functional groups attached to an aromatic ring is 1. The van der Waals surface area contributed by atoms with E-state index in [9.17, 15) is 9.59 Å². The number of amides is 2. The smallest absolute Gasteiger partial charge is 0.243 e. The quantitative estimate of drug-likeness (QED) is 0.675. The second-order valence-corrected chi connectivity index (χ2v) is 7.80. The van der Waals surface area contributed by atoms with Crippen molar-refractivity contribution in [1.29, 1.82) is 0 Å². The molecule has 128 valence electrons. The summed E-state index contributed by atoms with van der Waals surface area (Å²) in [5, 5.41) is 13.0.